The van der Waals surface area contributed by atoms with Crippen molar-refractivity contribution in [2.45, 2.75) is 38.8 Å². The molecule has 0 spiro atoms. The molecular formula is C19H31F2IN4S. The number of hydrogen-bond acceptors (Lipinski definition) is 3. The van der Waals surface area contributed by atoms with E-state index in [0.29, 0.717) is 12.6 Å². The van der Waals surface area contributed by atoms with Gasteiger partial charge in [0.25, 0.3) is 0 Å². The van der Waals surface area contributed by atoms with Gasteiger partial charge in [-0.1, -0.05) is 6.07 Å². The first-order chi connectivity index (χ1) is 12.6. The Morgan fingerprint density at radius 3 is 2.63 bits per heavy atom. The van der Waals surface area contributed by atoms with E-state index in [1.165, 1.54) is 12.1 Å². The summed E-state index contributed by atoms with van der Waals surface area (Å²) >= 11 is 1.84. The lowest BCUT2D eigenvalue weighted by atomic mass is 10.0. The Balaban J connectivity index is 0.00000364. The van der Waals surface area contributed by atoms with Gasteiger partial charge < -0.3 is 10.6 Å². The second-order valence-electron chi connectivity index (χ2n) is 6.55. The molecule has 0 bridgehead atoms. The number of nitrogens with zero attached hydrogens (tertiary/aromatic N) is 2. The zero-order chi connectivity index (χ0) is 18.8. The van der Waals surface area contributed by atoms with Crippen LogP contribution in [0.5, 0.6) is 0 Å². The van der Waals surface area contributed by atoms with Crippen molar-refractivity contribution < 1.29 is 8.78 Å². The maximum atomic E-state index is 13.3. The molecule has 2 N–H and O–H groups in total. The molecule has 27 heavy (non-hydrogen) atoms. The van der Waals surface area contributed by atoms with Crippen LogP contribution in [0.15, 0.2) is 23.2 Å². The summed E-state index contributed by atoms with van der Waals surface area (Å²) in [6.07, 6.45) is 5.23. The summed E-state index contributed by atoms with van der Waals surface area (Å²) in [5.74, 6) is 0.467. The summed E-state index contributed by atoms with van der Waals surface area (Å²) in [7, 11) is 0. The molecule has 0 amide bonds. The zero-order valence-corrected chi connectivity index (χ0v) is 19.3. The molecule has 0 radical (unpaired) electrons. The van der Waals surface area contributed by atoms with Gasteiger partial charge >= 0.3 is 0 Å². The fraction of sp³-hybridized carbons (Fsp3) is 0.632. The fourth-order valence-electron chi connectivity index (χ4n) is 3.04. The number of rotatable bonds is 8. The summed E-state index contributed by atoms with van der Waals surface area (Å²) in [6, 6.07) is 4.56. The van der Waals surface area contributed by atoms with Crippen molar-refractivity contribution in [2.24, 2.45) is 4.99 Å². The van der Waals surface area contributed by atoms with Crippen LogP contribution < -0.4 is 10.6 Å². The van der Waals surface area contributed by atoms with E-state index in [9.17, 15) is 8.78 Å². The lowest BCUT2D eigenvalue weighted by molar-refractivity contribution is 0.198. The molecule has 1 aliphatic rings. The second-order valence-corrected chi connectivity index (χ2v) is 7.54. The van der Waals surface area contributed by atoms with Gasteiger partial charge in [0.1, 0.15) is 0 Å². The van der Waals surface area contributed by atoms with Gasteiger partial charge in [0.15, 0.2) is 17.6 Å². The fourth-order valence-corrected chi connectivity index (χ4v) is 3.46. The van der Waals surface area contributed by atoms with E-state index in [1.54, 1.807) is 6.07 Å². The average Bonchev–Trinajstić information content (AvgIpc) is 2.63. The Kier molecular flexibility index (Phi) is 12.3. The van der Waals surface area contributed by atoms with Crippen molar-refractivity contribution in [3.05, 3.63) is 35.4 Å². The number of aliphatic imine (C=N–C) groups is 1. The highest BCUT2D eigenvalue weighted by Crippen LogP contribution is 2.16. The van der Waals surface area contributed by atoms with Gasteiger partial charge in [0, 0.05) is 38.8 Å². The predicted octanol–water partition coefficient (Wildman–Crippen LogP) is 3.86. The first kappa shape index (κ1) is 24.4. The number of piperidine rings is 1. The number of thioether (sulfide) groups is 1. The normalized spacial score (nSPS) is 16.1. The third kappa shape index (κ3) is 8.95. The molecule has 1 heterocycles. The van der Waals surface area contributed by atoms with Crippen LogP contribution in [-0.4, -0.2) is 55.1 Å². The third-order valence-corrected chi connectivity index (χ3v) is 5.14. The first-order valence-corrected chi connectivity index (χ1v) is 10.7. The zero-order valence-electron chi connectivity index (χ0n) is 16.1. The van der Waals surface area contributed by atoms with E-state index < -0.39 is 11.6 Å². The van der Waals surface area contributed by atoms with Crippen molar-refractivity contribution in [1.29, 1.82) is 0 Å². The third-order valence-electron chi connectivity index (χ3n) is 4.44. The van der Waals surface area contributed by atoms with Gasteiger partial charge in [0.05, 0.1) is 0 Å². The molecule has 0 unspecified atom stereocenters. The van der Waals surface area contributed by atoms with E-state index in [1.807, 2.05) is 11.8 Å². The van der Waals surface area contributed by atoms with E-state index in [4.69, 9.17) is 0 Å². The van der Waals surface area contributed by atoms with Gasteiger partial charge in [-0.25, -0.2) is 8.78 Å². The SMILES string of the molecule is CCNC(=NCCCSC)NC1CCN(Cc2ccc(F)c(F)c2)CC1.I. The van der Waals surface area contributed by atoms with Crippen LogP contribution in [0.1, 0.15) is 31.7 Å². The molecule has 2 rings (SSSR count). The molecule has 1 saturated heterocycles. The summed E-state index contributed by atoms with van der Waals surface area (Å²) < 4.78 is 26.4. The topological polar surface area (TPSA) is 39.7 Å². The van der Waals surface area contributed by atoms with Crippen LogP contribution in [0.2, 0.25) is 0 Å². The second kappa shape index (κ2) is 13.5. The van der Waals surface area contributed by atoms with Crippen LogP contribution in [0.4, 0.5) is 8.78 Å². The van der Waals surface area contributed by atoms with Crippen molar-refractivity contribution >= 4 is 41.7 Å². The first-order valence-electron chi connectivity index (χ1n) is 9.32. The molecule has 1 aromatic carbocycles. The summed E-state index contributed by atoms with van der Waals surface area (Å²) in [6.45, 7) is 6.29. The van der Waals surface area contributed by atoms with Crippen molar-refractivity contribution in [3.8, 4) is 0 Å². The van der Waals surface area contributed by atoms with Gasteiger partial charge in [-0.3, -0.25) is 9.89 Å². The quantitative estimate of drug-likeness (QED) is 0.240. The highest BCUT2D eigenvalue weighted by molar-refractivity contribution is 14.0. The van der Waals surface area contributed by atoms with Crippen LogP contribution >= 0.6 is 35.7 Å². The Labute approximate surface area is 183 Å². The minimum atomic E-state index is -0.788. The molecule has 4 nitrogen and oxygen atoms in total. The predicted molar refractivity (Wildman–Crippen MR) is 122 cm³/mol. The average molecular weight is 512 g/mol. The summed E-state index contributed by atoms with van der Waals surface area (Å²) in [5.41, 5.74) is 0.819. The maximum Gasteiger partial charge on any atom is 0.191 e. The lowest BCUT2D eigenvalue weighted by Gasteiger charge is -2.33. The highest BCUT2D eigenvalue weighted by Gasteiger charge is 2.20. The standard InChI is InChI=1S/C19H30F2N4S.HI/c1-3-22-19(23-9-4-12-26-2)24-16-7-10-25(11-8-16)14-15-5-6-17(20)18(21)13-15;/h5-6,13,16H,3-4,7-12,14H2,1-2H3,(H2,22,23,24);1H. The number of hydrogen-bond donors (Lipinski definition) is 2. The van der Waals surface area contributed by atoms with E-state index in [0.717, 1.165) is 62.7 Å². The largest absolute Gasteiger partial charge is 0.357 e. The number of halogens is 3. The summed E-state index contributed by atoms with van der Waals surface area (Å²) in [4.78, 5) is 6.93. The van der Waals surface area contributed by atoms with Crippen molar-refractivity contribution in [3.63, 3.8) is 0 Å². The Morgan fingerprint density at radius 2 is 2.00 bits per heavy atom. The van der Waals surface area contributed by atoms with Gasteiger partial charge in [-0.15, -0.1) is 24.0 Å². The maximum absolute atomic E-state index is 13.3. The Morgan fingerprint density at radius 1 is 1.26 bits per heavy atom. The Hall–Kier alpha value is -0.610. The van der Waals surface area contributed by atoms with Crippen LogP contribution in [0.25, 0.3) is 0 Å². The van der Waals surface area contributed by atoms with E-state index in [-0.39, 0.29) is 24.0 Å². The minimum absolute atomic E-state index is 0. The number of guanidine groups is 1. The van der Waals surface area contributed by atoms with Crippen LogP contribution in [-0.2, 0) is 6.54 Å². The van der Waals surface area contributed by atoms with Gasteiger partial charge in [-0.05, 0) is 55.9 Å². The van der Waals surface area contributed by atoms with Crippen molar-refractivity contribution in [2.75, 3.05) is 38.2 Å². The monoisotopic (exact) mass is 512 g/mol. The molecule has 0 saturated carbocycles. The molecule has 1 fully saturated rings. The lowest BCUT2D eigenvalue weighted by Crippen LogP contribution is -2.48. The molecule has 8 heteroatoms. The van der Waals surface area contributed by atoms with Crippen LogP contribution in [0.3, 0.4) is 0 Å². The molecule has 1 aromatic rings. The number of likely N-dealkylation sites (tertiary alicyclic amines) is 1. The smallest absolute Gasteiger partial charge is 0.191 e. The molecule has 1 aliphatic heterocycles. The molecule has 0 aromatic heterocycles. The van der Waals surface area contributed by atoms with Gasteiger partial charge in [-0.2, -0.15) is 11.8 Å². The van der Waals surface area contributed by atoms with E-state index >= 15 is 0 Å². The Bertz CT molecular complexity index is 581. The van der Waals surface area contributed by atoms with E-state index in [2.05, 4.69) is 33.7 Å². The summed E-state index contributed by atoms with van der Waals surface area (Å²) in [5, 5.41) is 6.84. The van der Waals surface area contributed by atoms with Crippen molar-refractivity contribution in [1.82, 2.24) is 15.5 Å². The minimum Gasteiger partial charge on any atom is -0.357 e. The van der Waals surface area contributed by atoms with Gasteiger partial charge in [0.2, 0.25) is 0 Å². The molecule has 0 atom stereocenters. The molecule has 0 aliphatic carbocycles. The molecular weight excluding hydrogens is 481 g/mol. The molecule has 154 valence electrons. The number of benzene rings is 1. The van der Waals surface area contributed by atoms with Crippen LogP contribution in [0, 0.1) is 11.6 Å². The number of nitrogens with one attached hydrogen (secondary N) is 2. The highest BCUT2D eigenvalue weighted by atomic mass is 127.